The molecule has 1 heterocycles. The number of hydrogen-bond donors (Lipinski definition) is 2. The minimum atomic E-state index is -0.953. The van der Waals surface area contributed by atoms with Gasteiger partial charge < -0.3 is 14.6 Å². The number of benzene rings is 1. The predicted molar refractivity (Wildman–Crippen MR) is 55.1 cm³/mol. The maximum absolute atomic E-state index is 9.87. The molecule has 2 aromatic rings. The van der Waals surface area contributed by atoms with Gasteiger partial charge in [0.2, 0.25) is 0 Å². The fourth-order valence-electron chi connectivity index (χ4n) is 1.46. The van der Waals surface area contributed by atoms with Crippen LogP contribution in [0.2, 0.25) is 0 Å². The number of rotatable bonds is 3. The Morgan fingerprint density at radius 1 is 0.867 bits per heavy atom. The number of aliphatic hydroxyl groups excluding tert-OH is 2. The van der Waals surface area contributed by atoms with Gasteiger partial charge in [0.25, 0.3) is 0 Å². The average molecular weight is 204 g/mol. The molecule has 0 bridgehead atoms. The van der Waals surface area contributed by atoms with Gasteiger partial charge in [0.05, 0.1) is 12.5 Å². The van der Waals surface area contributed by atoms with E-state index >= 15 is 0 Å². The van der Waals surface area contributed by atoms with E-state index < -0.39 is 12.2 Å². The van der Waals surface area contributed by atoms with E-state index in [9.17, 15) is 10.2 Å². The van der Waals surface area contributed by atoms with E-state index in [0.717, 1.165) is 0 Å². The number of hydrogen-bond acceptors (Lipinski definition) is 3. The molecular formula is C12H12O3. The Labute approximate surface area is 87.6 Å². The molecule has 2 N–H and O–H groups in total. The van der Waals surface area contributed by atoms with E-state index in [1.807, 2.05) is 18.2 Å². The lowest BCUT2D eigenvalue weighted by Crippen LogP contribution is -2.09. The summed E-state index contributed by atoms with van der Waals surface area (Å²) >= 11 is 0. The minimum absolute atomic E-state index is 0.575. The Morgan fingerprint density at radius 3 is 2.13 bits per heavy atom. The quantitative estimate of drug-likeness (QED) is 0.804. The van der Waals surface area contributed by atoms with Crippen molar-refractivity contribution in [2.75, 3.05) is 0 Å². The van der Waals surface area contributed by atoms with E-state index in [1.54, 1.807) is 18.2 Å². The molecule has 78 valence electrons. The average Bonchev–Trinajstić information content (AvgIpc) is 2.82. The highest BCUT2D eigenvalue weighted by Gasteiger charge is 2.20. The fourth-order valence-corrected chi connectivity index (χ4v) is 1.46. The van der Waals surface area contributed by atoms with E-state index in [0.29, 0.717) is 11.1 Å². The molecule has 0 spiro atoms. The van der Waals surface area contributed by atoms with Crippen molar-refractivity contribution in [2.45, 2.75) is 12.2 Å². The first kappa shape index (κ1) is 9.96. The summed E-state index contributed by atoms with van der Waals surface area (Å²) in [4.78, 5) is 0. The molecule has 2 atom stereocenters. The van der Waals surface area contributed by atoms with Gasteiger partial charge in [0.1, 0.15) is 12.2 Å². The molecule has 0 aliphatic carbocycles. The Hall–Kier alpha value is -1.58. The second kappa shape index (κ2) is 4.29. The first-order chi connectivity index (χ1) is 7.29. The molecule has 15 heavy (non-hydrogen) atoms. The Morgan fingerprint density at radius 2 is 1.53 bits per heavy atom. The van der Waals surface area contributed by atoms with Crippen LogP contribution in [0.25, 0.3) is 0 Å². The van der Waals surface area contributed by atoms with Crippen molar-refractivity contribution < 1.29 is 14.6 Å². The molecule has 0 amide bonds. The predicted octanol–water partition coefficient (Wildman–Crippen LogP) is 2.05. The van der Waals surface area contributed by atoms with Crippen molar-refractivity contribution in [2.24, 2.45) is 0 Å². The van der Waals surface area contributed by atoms with E-state index in [4.69, 9.17) is 4.42 Å². The van der Waals surface area contributed by atoms with Crippen LogP contribution in [-0.2, 0) is 0 Å². The van der Waals surface area contributed by atoms with Gasteiger partial charge in [-0.2, -0.15) is 0 Å². The first-order valence-electron chi connectivity index (χ1n) is 4.72. The molecule has 1 aromatic carbocycles. The summed E-state index contributed by atoms with van der Waals surface area (Å²) in [5.41, 5.74) is 1.26. The molecule has 0 saturated heterocycles. The zero-order valence-corrected chi connectivity index (χ0v) is 8.08. The van der Waals surface area contributed by atoms with Crippen LogP contribution in [0.5, 0.6) is 0 Å². The molecule has 2 rings (SSSR count). The van der Waals surface area contributed by atoms with Crippen molar-refractivity contribution in [3.63, 3.8) is 0 Å². The molecule has 3 heteroatoms. The van der Waals surface area contributed by atoms with Crippen molar-refractivity contribution in [1.29, 1.82) is 0 Å². The summed E-state index contributed by atoms with van der Waals surface area (Å²) in [6.07, 6.45) is 1.02. The highest BCUT2D eigenvalue weighted by molar-refractivity contribution is 5.22. The van der Waals surface area contributed by atoms with Crippen LogP contribution in [0, 0.1) is 0 Å². The molecule has 3 nitrogen and oxygen atoms in total. The van der Waals surface area contributed by atoms with Crippen molar-refractivity contribution >= 4 is 0 Å². The third-order valence-electron chi connectivity index (χ3n) is 2.32. The molecule has 2 unspecified atom stereocenters. The standard InChI is InChI=1S/C12H12O3/c13-11(9-4-2-1-3-5-9)12(14)10-6-7-15-8-10/h1-8,11-14H. The monoisotopic (exact) mass is 204 g/mol. The lowest BCUT2D eigenvalue weighted by molar-refractivity contribution is 0.0169. The van der Waals surface area contributed by atoms with Gasteiger partial charge in [-0.05, 0) is 11.6 Å². The maximum atomic E-state index is 9.87. The van der Waals surface area contributed by atoms with Crippen LogP contribution in [0.1, 0.15) is 23.3 Å². The summed E-state index contributed by atoms with van der Waals surface area (Å²) < 4.78 is 4.85. The van der Waals surface area contributed by atoms with Gasteiger partial charge in [-0.25, -0.2) is 0 Å². The molecule has 0 radical (unpaired) electrons. The zero-order valence-electron chi connectivity index (χ0n) is 8.08. The normalized spacial score (nSPS) is 14.8. The summed E-state index contributed by atoms with van der Waals surface area (Å²) in [7, 11) is 0. The summed E-state index contributed by atoms with van der Waals surface area (Å²) in [5, 5.41) is 19.7. The number of furan rings is 1. The highest BCUT2D eigenvalue weighted by Crippen LogP contribution is 2.28. The van der Waals surface area contributed by atoms with Crippen LogP contribution in [0.3, 0.4) is 0 Å². The van der Waals surface area contributed by atoms with Crippen LogP contribution < -0.4 is 0 Å². The molecule has 0 aliphatic heterocycles. The Bertz CT molecular complexity index is 394. The van der Waals surface area contributed by atoms with Gasteiger partial charge in [-0.3, -0.25) is 0 Å². The summed E-state index contributed by atoms with van der Waals surface area (Å²) in [5.74, 6) is 0. The topological polar surface area (TPSA) is 53.6 Å². The third-order valence-corrected chi connectivity index (χ3v) is 2.32. The molecule has 0 saturated carbocycles. The van der Waals surface area contributed by atoms with Gasteiger partial charge in [-0.1, -0.05) is 30.3 Å². The maximum Gasteiger partial charge on any atom is 0.112 e. The van der Waals surface area contributed by atoms with Gasteiger partial charge >= 0.3 is 0 Å². The largest absolute Gasteiger partial charge is 0.472 e. The molecule has 0 fully saturated rings. The smallest absolute Gasteiger partial charge is 0.112 e. The highest BCUT2D eigenvalue weighted by atomic mass is 16.3. The lowest BCUT2D eigenvalue weighted by atomic mass is 10.0. The van der Waals surface area contributed by atoms with Gasteiger partial charge in [0, 0.05) is 5.56 Å². The van der Waals surface area contributed by atoms with Crippen molar-refractivity contribution in [1.82, 2.24) is 0 Å². The lowest BCUT2D eigenvalue weighted by Gasteiger charge is -2.16. The summed E-state index contributed by atoms with van der Waals surface area (Å²) in [6.45, 7) is 0. The van der Waals surface area contributed by atoms with Crippen LogP contribution in [0.15, 0.2) is 53.3 Å². The minimum Gasteiger partial charge on any atom is -0.472 e. The van der Waals surface area contributed by atoms with Crippen molar-refractivity contribution in [3.05, 3.63) is 60.1 Å². The summed E-state index contributed by atoms with van der Waals surface area (Å²) in [6, 6.07) is 10.7. The second-order valence-electron chi connectivity index (χ2n) is 3.36. The van der Waals surface area contributed by atoms with Gasteiger partial charge in [0.15, 0.2) is 0 Å². The third kappa shape index (κ3) is 2.09. The fraction of sp³-hybridized carbons (Fsp3) is 0.167. The van der Waals surface area contributed by atoms with E-state index in [1.165, 1.54) is 12.5 Å². The van der Waals surface area contributed by atoms with E-state index in [-0.39, 0.29) is 0 Å². The Kier molecular flexibility index (Phi) is 2.85. The van der Waals surface area contributed by atoms with Gasteiger partial charge in [-0.15, -0.1) is 0 Å². The zero-order chi connectivity index (χ0) is 10.7. The second-order valence-corrected chi connectivity index (χ2v) is 3.36. The molecular weight excluding hydrogens is 192 g/mol. The Balaban J connectivity index is 2.18. The SMILES string of the molecule is OC(c1ccccc1)C(O)c1ccoc1. The first-order valence-corrected chi connectivity index (χ1v) is 4.72. The molecule has 1 aromatic heterocycles. The number of aliphatic hydroxyl groups is 2. The van der Waals surface area contributed by atoms with Crippen LogP contribution in [-0.4, -0.2) is 10.2 Å². The van der Waals surface area contributed by atoms with E-state index in [2.05, 4.69) is 0 Å². The van der Waals surface area contributed by atoms with Crippen molar-refractivity contribution in [3.8, 4) is 0 Å². The molecule has 0 aliphatic rings. The van der Waals surface area contributed by atoms with Crippen LogP contribution >= 0.6 is 0 Å². The van der Waals surface area contributed by atoms with Crippen LogP contribution in [0.4, 0.5) is 0 Å².